The topological polar surface area (TPSA) is 0 Å². The average molecular weight is 411 g/mol. The lowest BCUT2D eigenvalue weighted by Gasteiger charge is -2.20. The van der Waals surface area contributed by atoms with Crippen molar-refractivity contribution >= 4 is 23.2 Å². The lowest BCUT2D eigenvalue weighted by atomic mass is 9.84. The van der Waals surface area contributed by atoms with Crippen LogP contribution in [0.15, 0.2) is 60.7 Å². The largest absolute Gasteiger partial charge is 0.0843 e. The molecule has 0 spiro atoms. The summed E-state index contributed by atoms with van der Waals surface area (Å²) >= 11 is 12.3. The smallest absolute Gasteiger partial charge is 0.0406 e. The summed E-state index contributed by atoms with van der Waals surface area (Å²) in [7, 11) is 0. The van der Waals surface area contributed by atoms with E-state index in [9.17, 15) is 0 Å². The van der Waals surface area contributed by atoms with Gasteiger partial charge in [-0.15, -0.1) is 0 Å². The first-order valence-electron chi connectivity index (χ1n) is 10.3. The summed E-state index contributed by atoms with van der Waals surface area (Å²) in [5.41, 5.74) is 8.03. The van der Waals surface area contributed by atoms with Gasteiger partial charge in [-0.3, -0.25) is 0 Å². The zero-order valence-corrected chi connectivity index (χ0v) is 18.3. The van der Waals surface area contributed by atoms with Crippen molar-refractivity contribution in [2.45, 2.75) is 52.4 Å². The molecule has 2 heteroatoms. The average Bonchev–Trinajstić information content (AvgIpc) is 2.72. The van der Waals surface area contributed by atoms with Gasteiger partial charge in [0.1, 0.15) is 0 Å². The van der Waals surface area contributed by atoms with Crippen LogP contribution < -0.4 is 0 Å². The van der Waals surface area contributed by atoms with Crippen LogP contribution >= 0.6 is 23.2 Å². The minimum atomic E-state index is 0.766. The summed E-state index contributed by atoms with van der Waals surface area (Å²) in [6.07, 6.45) is 7.07. The molecule has 0 radical (unpaired) electrons. The van der Waals surface area contributed by atoms with Crippen molar-refractivity contribution in [2.75, 3.05) is 0 Å². The fourth-order valence-electron chi connectivity index (χ4n) is 3.75. The maximum Gasteiger partial charge on any atom is 0.0406 e. The van der Waals surface area contributed by atoms with Crippen LogP contribution in [0.5, 0.6) is 0 Å². The predicted molar refractivity (Wildman–Crippen MR) is 125 cm³/mol. The van der Waals surface area contributed by atoms with Gasteiger partial charge in [-0.2, -0.15) is 0 Å². The normalized spacial score (nSPS) is 11.0. The molecule has 0 aliphatic carbocycles. The first kappa shape index (κ1) is 21.0. The van der Waals surface area contributed by atoms with E-state index in [-0.39, 0.29) is 0 Å². The van der Waals surface area contributed by atoms with E-state index in [1.165, 1.54) is 59.1 Å². The third-order valence-electron chi connectivity index (χ3n) is 5.28. The van der Waals surface area contributed by atoms with Gasteiger partial charge in [-0.1, -0.05) is 86.3 Å². The van der Waals surface area contributed by atoms with Crippen molar-refractivity contribution in [1.82, 2.24) is 0 Å². The fourth-order valence-corrected chi connectivity index (χ4v) is 4.00. The second-order valence-corrected chi connectivity index (χ2v) is 8.22. The summed E-state index contributed by atoms with van der Waals surface area (Å²) in [5.74, 6) is 0. The molecule has 0 N–H and O–H groups in total. The van der Waals surface area contributed by atoms with Gasteiger partial charge in [0.15, 0.2) is 0 Å². The van der Waals surface area contributed by atoms with Crippen molar-refractivity contribution in [3.63, 3.8) is 0 Å². The van der Waals surface area contributed by atoms with Gasteiger partial charge in [0.2, 0.25) is 0 Å². The molecule has 0 saturated heterocycles. The van der Waals surface area contributed by atoms with E-state index in [4.69, 9.17) is 23.2 Å². The van der Waals surface area contributed by atoms with Gasteiger partial charge in [0.25, 0.3) is 0 Å². The minimum Gasteiger partial charge on any atom is -0.0843 e. The lowest BCUT2D eigenvalue weighted by Crippen LogP contribution is -2.01. The van der Waals surface area contributed by atoms with Crippen LogP contribution in [0.4, 0.5) is 0 Å². The molecule has 146 valence electrons. The van der Waals surface area contributed by atoms with E-state index in [1.807, 2.05) is 24.3 Å². The lowest BCUT2D eigenvalue weighted by molar-refractivity contribution is 0.759. The molecule has 3 aromatic rings. The van der Waals surface area contributed by atoms with Crippen molar-refractivity contribution < 1.29 is 0 Å². The summed E-state index contributed by atoms with van der Waals surface area (Å²) in [4.78, 5) is 0. The molecule has 0 atom stereocenters. The van der Waals surface area contributed by atoms with Crippen LogP contribution in [0.3, 0.4) is 0 Å². The number of rotatable bonds is 8. The van der Waals surface area contributed by atoms with E-state index < -0.39 is 0 Å². The van der Waals surface area contributed by atoms with Crippen LogP contribution in [0.1, 0.15) is 50.7 Å². The van der Waals surface area contributed by atoms with Crippen LogP contribution in [0.25, 0.3) is 22.3 Å². The molecule has 28 heavy (non-hydrogen) atoms. The standard InChI is InChI=1S/C26H28Cl2/c1-3-5-7-19-13-18-25(20-9-14-22(27)15-10-20)26(24(19)8-6-4-2)21-11-16-23(28)17-12-21/h9-18H,3-8H2,1-2H3. The molecule has 0 unspecified atom stereocenters. The summed E-state index contributed by atoms with van der Waals surface area (Å²) in [5, 5.41) is 1.54. The molecule has 0 nitrogen and oxygen atoms in total. The first-order chi connectivity index (χ1) is 13.6. The monoisotopic (exact) mass is 410 g/mol. The first-order valence-corrected chi connectivity index (χ1v) is 11.1. The zero-order chi connectivity index (χ0) is 19.9. The van der Waals surface area contributed by atoms with Gasteiger partial charge in [-0.25, -0.2) is 0 Å². The molecule has 0 fully saturated rings. The van der Waals surface area contributed by atoms with E-state index in [0.717, 1.165) is 22.9 Å². The third-order valence-corrected chi connectivity index (χ3v) is 5.78. The Balaban J connectivity index is 2.23. The van der Waals surface area contributed by atoms with Gasteiger partial charge in [-0.05, 0) is 83.3 Å². The van der Waals surface area contributed by atoms with Gasteiger partial charge in [0, 0.05) is 10.0 Å². The Hall–Kier alpha value is -1.76. The molecule has 0 aromatic heterocycles. The Morgan fingerprint density at radius 1 is 0.607 bits per heavy atom. The third kappa shape index (κ3) is 4.99. The quantitative estimate of drug-likeness (QED) is 0.347. The second kappa shape index (κ2) is 10.1. The molecule has 0 amide bonds. The number of hydrogen-bond acceptors (Lipinski definition) is 0. The molecule has 0 aliphatic rings. The molecule has 3 aromatic carbocycles. The van der Waals surface area contributed by atoms with Gasteiger partial charge >= 0.3 is 0 Å². The number of benzene rings is 3. The van der Waals surface area contributed by atoms with Crippen LogP contribution in [0.2, 0.25) is 10.0 Å². The van der Waals surface area contributed by atoms with Crippen molar-refractivity contribution in [3.05, 3.63) is 81.8 Å². The predicted octanol–water partition coefficient (Wildman–Crippen LogP) is 9.01. The fraction of sp³-hybridized carbons (Fsp3) is 0.308. The second-order valence-electron chi connectivity index (χ2n) is 7.35. The molecular weight excluding hydrogens is 383 g/mol. The van der Waals surface area contributed by atoms with Crippen LogP contribution in [-0.2, 0) is 12.8 Å². The molecule has 0 heterocycles. The van der Waals surface area contributed by atoms with Gasteiger partial charge < -0.3 is 0 Å². The Labute approximate surface area is 179 Å². The van der Waals surface area contributed by atoms with Gasteiger partial charge in [0.05, 0.1) is 0 Å². The highest BCUT2D eigenvalue weighted by Crippen LogP contribution is 2.39. The van der Waals surface area contributed by atoms with E-state index in [1.54, 1.807) is 0 Å². The van der Waals surface area contributed by atoms with Crippen molar-refractivity contribution in [3.8, 4) is 22.3 Å². The van der Waals surface area contributed by atoms with Crippen molar-refractivity contribution in [1.29, 1.82) is 0 Å². The SMILES string of the molecule is CCCCc1ccc(-c2ccc(Cl)cc2)c(-c2ccc(Cl)cc2)c1CCCC. The van der Waals surface area contributed by atoms with Crippen LogP contribution in [-0.4, -0.2) is 0 Å². The minimum absolute atomic E-state index is 0.766. The molecule has 0 saturated carbocycles. The highest BCUT2D eigenvalue weighted by atomic mass is 35.5. The highest BCUT2D eigenvalue weighted by Gasteiger charge is 2.16. The Morgan fingerprint density at radius 2 is 1.14 bits per heavy atom. The summed E-state index contributed by atoms with van der Waals surface area (Å²) in [6.45, 7) is 4.52. The van der Waals surface area contributed by atoms with E-state index in [0.29, 0.717) is 0 Å². The summed E-state index contributed by atoms with van der Waals surface area (Å²) in [6, 6.07) is 21.1. The molecule has 0 aliphatic heterocycles. The number of halogens is 2. The number of unbranched alkanes of at least 4 members (excludes halogenated alkanes) is 2. The maximum absolute atomic E-state index is 6.18. The van der Waals surface area contributed by atoms with Crippen LogP contribution in [0, 0.1) is 0 Å². The Kier molecular flexibility index (Phi) is 7.59. The number of aryl methyl sites for hydroxylation is 1. The van der Waals surface area contributed by atoms with E-state index in [2.05, 4.69) is 50.2 Å². The molecular formula is C26H28Cl2. The molecule has 3 rings (SSSR count). The summed E-state index contributed by atoms with van der Waals surface area (Å²) < 4.78 is 0. The Morgan fingerprint density at radius 3 is 1.71 bits per heavy atom. The molecule has 0 bridgehead atoms. The number of hydrogen-bond donors (Lipinski definition) is 0. The maximum atomic E-state index is 6.18. The zero-order valence-electron chi connectivity index (χ0n) is 16.8. The Bertz CT molecular complexity index is 893. The van der Waals surface area contributed by atoms with Crippen molar-refractivity contribution in [2.24, 2.45) is 0 Å². The highest BCUT2D eigenvalue weighted by molar-refractivity contribution is 6.31. The van der Waals surface area contributed by atoms with E-state index >= 15 is 0 Å².